The molecule has 0 aliphatic rings. The average Bonchev–Trinajstić information content (AvgIpc) is 2.37. The lowest BCUT2D eigenvalue weighted by Gasteiger charge is -2.04. The Bertz CT molecular complexity index is 379. The predicted octanol–water partition coefficient (Wildman–Crippen LogP) is 3.25. The first kappa shape index (κ1) is 13.6. The van der Waals surface area contributed by atoms with Crippen LogP contribution < -0.4 is 5.32 Å². The number of rotatable bonds is 4. The van der Waals surface area contributed by atoms with Crippen molar-refractivity contribution in [3.8, 4) is 0 Å². The Morgan fingerprint density at radius 2 is 2.12 bits per heavy atom. The minimum absolute atomic E-state index is 0.549. The fourth-order valence-corrected chi connectivity index (χ4v) is 2.04. The third kappa shape index (κ3) is 5.40. The van der Waals surface area contributed by atoms with Gasteiger partial charge in [-0.15, -0.1) is 0 Å². The molecule has 0 radical (unpaired) electrons. The molecule has 1 aromatic carbocycles. The lowest BCUT2D eigenvalue weighted by atomic mass is 10.4. The first-order valence-electron chi connectivity index (χ1n) is 5.44. The third-order valence-electron chi connectivity index (χ3n) is 1.88. The summed E-state index contributed by atoms with van der Waals surface area (Å²) in [5, 5.41) is 6.99. The Morgan fingerprint density at radius 3 is 2.71 bits per heavy atom. The number of thioether (sulfide) groups is 1. The van der Waals surface area contributed by atoms with Gasteiger partial charge in [-0.3, -0.25) is 4.84 Å². The number of carbonyl (C=O) groups excluding carboxylic acids is 1. The van der Waals surface area contributed by atoms with Crippen molar-refractivity contribution in [1.29, 1.82) is 0 Å². The van der Waals surface area contributed by atoms with Gasteiger partial charge in [0.05, 0.1) is 0 Å². The highest BCUT2D eigenvalue weighted by atomic mass is 32.2. The first-order chi connectivity index (χ1) is 8.26. The second kappa shape index (κ2) is 7.73. The molecule has 17 heavy (non-hydrogen) atoms. The number of hydrogen-bond acceptors (Lipinski definition) is 4. The maximum atomic E-state index is 10.9. The van der Waals surface area contributed by atoms with E-state index in [1.54, 1.807) is 0 Å². The summed E-state index contributed by atoms with van der Waals surface area (Å²) < 4.78 is 0. The maximum absolute atomic E-state index is 10.9. The minimum Gasteiger partial charge on any atom is -0.323 e. The van der Waals surface area contributed by atoms with Gasteiger partial charge in [-0.1, -0.05) is 42.0 Å². The summed E-state index contributed by atoms with van der Waals surface area (Å²) in [6, 6.07) is 9.88. The van der Waals surface area contributed by atoms with Crippen LogP contribution in [0.3, 0.4) is 0 Å². The lowest BCUT2D eigenvalue weighted by Crippen LogP contribution is -2.17. The summed E-state index contributed by atoms with van der Waals surface area (Å²) in [5.74, 6) is 0. The van der Waals surface area contributed by atoms with Crippen LogP contribution in [-0.4, -0.2) is 18.2 Å². The molecule has 92 valence electrons. The first-order valence-corrected chi connectivity index (χ1v) is 6.26. The fourth-order valence-electron chi connectivity index (χ4n) is 1.09. The Kier molecular flexibility index (Phi) is 6.17. The normalized spacial score (nSPS) is 11.1. The van der Waals surface area contributed by atoms with Crippen molar-refractivity contribution in [1.82, 2.24) is 5.32 Å². The second-order valence-corrected chi connectivity index (χ2v) is 4.43. The van der Waals surface area contributed by atoms with E-state index in [4.69, 9.17) is 4.84 Å². The lowest BCUT2D eigenvalue weighted by molar-refractivity contribution is 0.153. The zero-order valence-corrected chi connectivity index (χ0v) is 10.8. The molecule has 1 amide bonds. The molecule has 1 rings (SSSR count). The summed E-state index contributed by atoms with van der Waals surface area (Å²) in [6.45, 7) is 2.06. The highest BCUT2D eigenvalue weighted by molar-refractivity contribution is 8.14. The van der Waals surface area contributed by atoms with Crippen LogP contribution in [-0.2, 0) is 4.84 Å². The van der Waals surface area contributed by atoms with Crippen LogP contribution >= 0.6 is 11.8 Å². The van der Waals surface area contributed by atoms with Crippen LogP contribution in [0.15, 0.2) is 40.4 Å². The third-order valence-corrected chi connectivity index (χ3v) is 2.90. The topological polar surface area (TPSA) is 50.7 Å². The fraction of sp³-hybridized carbons (Fsp3) is 0.333. The molecule has 1 aromatic rings. The van der Waals surface area contributed by atoms with Crippen LogP contribution in [0.1, 0.15) is 19.8 Å². The van der Waals surface area contributed by atoms with E-state index in [1.165, 1.54) is 18.8 Å². The average molecular weight is 252 g/mol. The Labute approximate surface area is 105 Å². The summed E-state index contributed by atoms with van der Waals surface area (Å²) in [5.41, 5.74) is 0. The van der Waals surface area contributed by atoms with Crippen molar-refractivity contribution >= 4 is 22.9 Å². The van der Waals surface area contributed by atoms with E-state index in [0.29, 0.717) is 0 Å². The minimum atomic E-state index is -0.549. The molecule has 1 N–H and O–H groups in total. The summed E-state index contributed by atoms with van der Waals surface area (Å²) >= 11 is 1.51. The van der Waals surface area contributed by atoms with Crippen LogP contribution in [0.25, 0.3) is 0 Å². The second-order valence-electron chi connectivity index (χ2n) is 3.28. The molecule has 0 aliphatic heterocycles. The van der Waals surface area contributed by atoms with Crippen molar-refractivity contribution in [3.05, 3.63) is 30.3 Å². The molecule has 0 atom stereocenters. The number of benzene rings is 1. The van der Waals surface area contributed by atoms with Crippen LogP contribution in [0.4, 0.5) is 4.79 Å². The standard InChI is InChI=1S/C12H16N2O2S/c1-3-7-11(14-16-12(15)13-2)17-10-8-5-4-6-9-10/h4-6,8-9H,3,7H2,1-2H3,(H,13,15). The zero-order chi connectivity index (χ0) is 12.5. The summed E-state index contributed by atoms with van der Waals surface area (Å²) in [6.07, 6.45) is 1.19. The number of nitrogens with zero attached hydrogens (tertiary/aromatic N) is 1. The molecule has 0 aliphatic carbocycles. The van der Waals surface area contributed by atoms with Gasteiger partial charge in [0.2, 0.25) is 0 Å². The van der Waals surface area contributed by atoms with Gasteiger partial charge in [-0.25, -0.2) is 4.79 Å². The maximum Gasteiger partial charge on any atom is 0.433 e. The Morgan fingerprint density at radius 1 is 1.41 bits per heavy atom. The SMILES string of the molecule is CCCC(=NOC(=O)NC)Sc1ccccc1. The molecule has 0 saturated heterocycles. The van der Waals surface area contributed by atoms with E-state index in [-0.39, 0.29) is 0 Å². The molecule has 0 aromatic heterocycles. The summed E-state index contributed by atoms with van der Waals surface area (Å²) in [7, 11) is 1.50. The zero-order valence-electron chi connectivity index (χ0n) is 9.97. The molecule has 0 saturated carbocycles. The number of amides is 1. The van der Waals surface area contributed by atoms with Gasteiger partial charge >= 0.3 is 6.09 Å². The van der Waals surface area contributed by atoms with Gasteiger partial charge in [-0.2, -0.15) is 0 Å². The van der Waals surface area contributed by atoms with E-state index < -0.39 is 6.09 Å². The molecular formula is C12H16N2O2S. The van der Waals surface area contributed by atoms with Crippen LogP contribution in [0.2, 0.25) is 0 Å². The van der Waals surface area contributed by atoms with Gasteiger partial charge in [0.25, 0.3) is 0 Å². The number of nitrogens with one attached hydrogen (secondary N) is 1. The molecule has 0 bridgehead atoms. The summed E-state index contributed by atoms with van der Waals surface area (Å²) in [4.78, 5) is 16.7. The van der Waals surface area contributed by atoms with E-state index in [1.807, 2.05) is 30.3 Å². The Balaban J connectivity index is 2.62. The van der Waals surface area contributed by atoms with Gasteiger partial charge < -0.3 is 5.32 Å². The van der Waals surface area contributed by atoms with E-state index >= 15 is 0 Å². The number of oxime groups is 1. The van der Waals surface area contributed by atoms with E-state index in [0.717, 1.165) is 22.8 Å². The van der Waals surface area contributed by atoms with Crippen LogP contribution in [0, 0.1) is 0 Å². The molecule has 5 heteroatoms. The predicted molar refractivity (Wildman–Crippen MR) is 70.2 cm³/mol. The van der Waals surface area contributed by atoms with Gasteiger partial charge in [0.1, 0.15) is 5.04 Å². The highest BCUT2D eigenvalue weighted by Crippen LogP contribution is 2.21. The highest BCUT2D eigenvalue weighted by Gasteiger charge is 2.04. The Hall–Kier alpha value is -1.49. The number of carbonyl (C=O) groups is 1. The molecule has 0 heterocycles. The smallest absolute Gasteiger partial charge is 0.323 e. The van der Waals surface area contributed by atoms with Crippen molar-refractivity contribution in [2.45, 2.75) is 24.7 Å². The van der Waals surface area contributed by atoms with Crippen molar-refractivity contribution in [2.24, 2.45) is 5.16 Å². The molecular weight excluding hydrogens is 236 g/mol. The van der Waals surface area contributed by atoms with E-state index in [9.17, 15) is 4.79 Å². The largest absolute Gasteiger partial charge is 0.433 e. The van der Waals surface area contributed by atoms with Crippen molar-refractivity contribution in [2.75, 3.05) is 7.05 Å². The van der Waals surface area contributed by atoms with Gasteiger partial charge in [-0.05, 0) is 25.0 Å². The quantitative estimate of drug-likeness (QED) is 0.294. The van der Waals surface area contributed by atoms with Gasteiger partial charge in [0, 0.05) is 11.9 Å². The van der Waals surface area contributed by atoms with Crippen molar-refractivity contribution in [3.63, 3.8) is 0 Å². The van der Waals surface area contributed by atoms with Crippen molar-refractivity contribution < 1.29 is 9.63 Å². The van der Waals surface area contributed by atoms with Gasteiger partial charge in [0.15, 0.2) is 0 Å². The van der Waals surface area contributed by atoms with Crippen LogP contribution in [0.5, 0.6) is 0 Å². The van der Waals surface area contributed by atoms with E-state index in [2.05, 4.69) is 17.4 Å². The molecule has 0 spiro atoms. The molecule has 0 unspecified atom stereocenters. The number of hydrogen-bond donors (Lipinski definition) is 1. The molecule has 4 nitrogen and oxygen atoms in total. The molecule has 0 fully saturated rings. The monoisotopic (exact) mass is 252 g/mol.